The zero-order valence-corrected chi connectivity index (χ0v) is 24.2. The Kier molecular flexibility index (Phi) is 6.51. The SMILES string of the molecule is c1ccc(-c2ccccc2-c2ccc(Nc3ccc(-c4ccc5c(c4)c4ccccc4n5-c4ccccc4)cc3)cc2)cc1. The van der Waals surface area contributed by atoms with E-state index in [9.17, 15) is 0 Å². The summed E-state index contributed by atoms with van der Waals surface area (Å²) in [6, 6.07) is 62.6. The molecule has 1 aromatic heterocycles. The molecule has 2 heteroatoms. The van der Waals surface area contributed by atoms with Gasteiger partial charge in [-0.2, -0.15) is 0 Å². The summed E-state index contributed by atoms with van der Waals surface area (Å²) in [5, 5.41) is 6.11. The van der Waals surface area contributed by atoms with Gasteiger partial charge in [-0.25, -0.2) is 0 Å². The lowest BCUT2D eigenvalue weighted by atomic mass is 9.94. The molecule has 1 heterocycles. The van der Waals surface area contributed by atoms with E-state index < -0.39 is 0 Å². The summed E-state index contributed by atoms with van der Waals surface area (Å²) in [5.74, 6) is 0. The van der Waals surface area contributed by atoms with Crippen molar-refractivity contribution in [1.29, 1.82) is 0 Å². The molecule has 0 aliphatic carbocycles. The first-order valence-corrected chi connectivity index (χ1v) is 15.0. The Labute approximate surface area is 257 Å². The monoisotopic (exact) mass is 562 g/mol. The van der Waals surface area contributed by atoms with Gasteiger partial charge < -0.3 is 9.88 Å². The quantitative estimate of drug-likeness (QED) is 0.213. The molecule has 1 N–H and O–H groups in total. The highest BCUT2D eigenvalue weighted by molar-refractivity contribution is 6.10. The first kappa shape index (κ1) is 25.8. The number of anilines is 2. The van der Waals surface area contributed by atoms with E-state index in [1.807, 2.05) is 0 Å². The largest absolute Gasteiger partial charge is 0.356 e. The molecule has 0 atom stereocenters. The molecule has 208 valence electrons. The summed E-state index contributed by atoms with van der Waals surface area (Å²) in [4.78, 5) is 0. The number of hydrogen-bond donors (Lipinski definition) is 1. The standard InChI is InChI=1S/C42H30N2/c1-3-11-31(12-4-1)37-15-7-8-16-38(37)32-21-26-35(27-22-32)43-34-24-19-30(20-25-34)33-23-28-42-40(29-33)39-17-9-10-18-41(39)44(42)36-13-5-2-6-14-36/h1-29,43H. The molecule has 0 aliphatic rings. The second-order valence-corrected chi connectivity index (χ2v) is 11.1. The minimum absolute atomic E-state index is 1.06. The zero-order chi connectivity index (χ0) is 29.3. The lowest BCUT2D eigenvalue weighted by Crippen LogP contribution is -1.93. The Morgan fingerprint density at radius 1 is 0.341 bits per heavy atom. The van der Waals surface area contributed by atoms with Crippen LogP contribution in [0.4, 0.5) is 11.4 Å². The van der Waals surface area contributed by atoms with Crippen molar-refractivity contribution in [1.82, 2.24) is 4.57 Å². The summed E-state index contributed by atoms with van der Waals surface area (Å²) < 4.78 is 2.35. The Bertz CT molecular complexity index is 2210. The van der Waals surface area contributed by atoms with Crippen molar-refractivity contribution in [3.8, 4) is 39.1 Å². The van der Waals surface area contributed by atoms with Gasteiger partial charge in [-0.15, -0.1) is 0 Å². The smallest absolute Gasteiger partial charge is 0.0541 e. The van der Waals surface area contributed by atoms with Crippen molar-refractivity contribution < 1.29 is 0 Å². The molecule has 7 aromatic carbocycles. The second kappa shape index (κ2) is 11.1. The molecule has 8 rings (SSSR count). The molecule has 0 radical (unpaired) electrons. The summed E-state index contributed by atoms with van der Waals surface area (Å²) in [7, 11) is 0. The van der Waals surface area contributed by atoms with E-state index in [-0.39, 0.29) is 0 Å². The Morgan fingerprint density at radius 2 is 0.841 bits per heavy atom. The van der Waals surface area contributed by atoms with Gasteiger partial charge >= 0.3 is 0 Å². The van der Waals surface area contributed by atoms with E-state index in [2.05, 4.69) is 186 Å². The summed E-state index contributed by atoms with van der Waals surface area (Å²) in [5.41, 5.74) is 13.1. The molecule has 2 nitrogen and oxygen atoms in total. The van der Waals surface area contributed by atoms with Gasteiger partial charge in [-0.05, 0) is 88.0 Å². The average Bonchev–Trinajstić information content (AvgIpc) is 3.43. The third-order valence-electron chi connectivity index (χ3n) is 8.40. The highest BCUT2D eigenvalue weighted by atomic mass is 15.0. The van der Waals surface area contributed by atoms with Crippen LogP contribution in [0, 0.1) is 0 Å². The molecule has 44 heavy (non-hydrogen) atoms. The topological polar surface area (TPSA) is 17.0 Å². The molecule has 0 amide bonds. The number of hydrogen-bond acceptors (Lipinski definition) is 1. The minimum atomic E-state index is 1.06. The van der Waals surface area contributed by atoms with Crippen molar-refractivity contribution in [2.24, 2.45) is 0 Å². The number of fused-ring (bicyclic) bond motifs is 3. The van der Waals surface area contributed by atoms with E-state index in [4.69, 9.17) is 0 Å². The minimum Gasteiger partial charge on any atom is -0.356 e. The number of nitrogens with one attached hydrogen (secondary N) is 1. The third kappa shape index (κ3) is 4.73. The van der Waals surface area contributed by atoms with Crippen LogP contribution in [0.3, 0.4) is 0 Å². The maximum absolute atomic E-state index is 3.58. The summed E-state index contributed by atoms with van der Waals surface area (Å²) >= 11 is 0. The van der Waals surface area contributed by atoms with Crippen LogP contribution in [0.15, 0.2) is 176 Å². The number of rotatable bonds is 6. The van der Waals surface area contributed by atoms with Gasteiger partial charge in [0.15, 0.2) is 0 Å². The van der Waals surface area contributed by atoms with Crippen LogP contribution in [0.1, 0.15) is 0 Å². The lowest BCUT2D eigenvalue weighted by molar-refractivity contribution is 1.18. The fourth-order valence-electron chi connectivity index (χ4n) is 6.26. The maximum atomic E-state index is 3.58. The highest BCUT2D eigenvalue weighted by Gasteiger charge is 2.13. The molecule has 8 aromatic rings. The van der Waals surface area contributed by atoms with Crippen LogP contribution >= 0.6 is 0 Å². The zero-order valence-electron chi connectivity index (χ0n) is 24.2. The molecular formula is C42H30N2. The fraction of sp³-hybridized carbons (Fsp3) is 0. The van der Waals surface area contributed by atoms with Gasteiger partial charge in [-0.1, -0.05) is 121 Å². The Morgan fingerprint density at radius 3 is 1.52 bits per heavy atom. The average molecular weight is 563 g/mol. The van der Waals surface area contributed by atoms with E-state index in [0.29, 0.717) is 0 Å². The maximum Gasteiger partial charge on any atom is 0.0541 e. The van der Waals surface area contributed by atoms with Crippen LogP contribution in [0.25, 0.3) is 60.9 Å². The molecule has 0 aliphatic heterocycles. The predicted molar refractivity (Wildman–Crippen MR) is 187 cm³/mol. The van der Waals surface area contributed by atoms with Crippen molar-refractivity contribution in [3.63, 3.8) is 0 Å². The molecular weight excluding hydrogens is 532 g/mol. The van der Waals surface area contributed by atoms with E-state index in [1.54, 1.807) is 0 Å². The second-order valence-electron chi connectivity index (χ2n) is 11.1. The van der Waals surface area contributed by atoms with Crippen molar-refractivity contribution >= 4 is 33.2 Å². The summed E-state index contributed by atoms with van der Waals surface area (Å²) in [6.45, 7) is 0. The van der Waals surface area contributed by atoms with Crippen LogP contribution in [-0.2, 0) is 0 Å². The van der Waals surface area contributed by atoms with Crippen LogP contribution in [0.2, 0.25) is 0 Å². The van der Waals surface area contributed by atoms with Crippen molar-refractivity contribution in [3.05, 3.63) is 176 Å². The van der Waals surface area contributed by atoms with Gasteiger partial charge in [0.1, 0.15) is 0 Å². The van der Waals surface area contributed by atoms with Crippen molar-refractivity contribution in [2.75, 3.05) is 5.32 Å². The lowest BCUT2D eigenvalue weighted by Gasteiger charge is -2.12. The number of aromatic nitrogens is 1. The first-order valence-electron chi connectivity index (χ1n) is 15.0. The highest BCUT2D eigenvalue weighted by Crippen LogP contribution is 2.36. The Balaban J connectivity index is 1.06. The van der Waals surface area contributed by atoms with Crippen LogP contribution in [0.5, 0.6) is 0 Å². The Hall–Kier alpha value is -5.86. The van der Waals surface area contributed by atoms with Crippen LogP contribution in [-0.4, -0.2) is 4.57 Å². The van der Waals surface area contributed by atoms with Crippen molar-refractivity contribution in [2.45, 2.75) is 0 Å². The van der Waals surface area contributed by atoms with E-state index >= 15 is 0 Å². The van der Waals surface area contributed by atoms with E-state index in [0.717, 1.165) is 11.4 Å². The van der Waals surface area contributed by atoms with Gasteiger partial charge in [0, 0.05) is 27.8 Å². The molecule has 0 saturated heterocycles. The van der Waals surface area contributed by atoms with E-state index in [1.165, 1.54) is 60.9 Å². The van der Waals surface area contributed by atoms with Gasteiger partial charge in [0.05, 0.1) is 11.0 Å². The first-order chi connectivity index (χ1) is 21.8. The molecule has 0 unspecified atom stereocenters. The van der Waals surface area contributed by atoms with Gasteiger partial charge in [-0.3, -0.25) is 0 Å². The number of benzene rings is 7. The number of nitrogens with zero attached hydrogens (tertiary/aromatic N) is 1. The fourth-order valence-corrected chi connectivity index (χ4v) is 6.26. The predicted octanol–water partition coefficient (Wildman–Crippen LogP) is 11.5. The normalized spacial score (nSPS) is 11.2. The molecule has 0 spiro atoms. The number of para-hydroxylation sites is 2. The molecule has 0 fully saturated rings. The van der Waals surface area contributed by atoms with Gasteiger partial charge in [0.2, 0.25) is 0 Å². The third-order valence-corrected chi connectivity index (χ3v) is 8.40. The van der Waals surface area contributed by atoms with Crippen LogP contribution < -0.4 is 5.32 Å². The summed E-state index contributed by atoms with van der Waals surface area (Å²) in [6.07, 6.45) is 0. The molecule has 0 saturated carbocycles. The van der Waals surface area contributed by atoms with Gasteiger partial charge in [0.25, 0.3) is 0 Å². The molecule has 0 bridgehead atoms.